The summed E-state index contributed by atoms with van der Waals surface area (Å²) in [5.41, 5.74) is 0.0972. The van der Waals surface area contributed by atoms with Crippen molar-refractivity contribution in [1.29, 1.82) is 0 Å². The van der Waals surface area contributed by atoms with Crippen molar-refractivity contribution in [3.63, 3.8) is 0 Å². The molecule has 0 rings (SSSR count). The highest BCUT2D eigenvalue weighted by Crippen LogP contribution is 2.09. The molecule has 0 saturated heterocycles. The third-order valence-corrected chi connectivity index (χ3v) is 0.574. The van der Waals surface area contributed by atoms with Gasteiger partial charge in [-0.15, -0.1) is 0 Å². The van der Waals surface area contributed by atoms with E-state index in [-0.39, 0.29) is 25.2 Å². The second kappa shape index (κ2) is 6.99. The van der Waals surface area contributed by atoms with E-state index in [9.17, 15) is 0 Å². The lowest BCUT2D eigenvalue weighted by Crippen LogP contribution is -2.09. The number of aliphatic hydroxyl groups is 3. The number of hydrogen-bond acceptors (Lipinski definition) is 3. The summed E-state index contributed by atoms with van der Waals surface area (Å²) in [4.78, 5) is 0. The van der Waals surface area contributed by atoms with E-state index >= 15 is 0 Å². The van der Waals surface area contributed by atoms with Gasteiger partial charge in [-0.3, -0.25) is 0 Å². The van der Waals surface area contributed by atoms with Crippen LogP contribution >= 0.6 is 0 Å². The fourth-order valence-electron chi connectivity index (χ4n) is 0. The van der Waals surface area contributed by atoms with Crippen molar-refractivity contribution in [2.45, 2.75) is 20.8 Å². The Labute approximate surface area is 62.3 Å². The quantitative estimate of drug-likeness (QED) is 0.493. The minimum Gasteiger partial charge on any atom is -0.396 e. The van der Waals surface area contributed by atoms with Crippen LogP contribution < -0.4 is 0 Å². The van der Waals surface area contributed by atoms with Crippen molar-refractivity contribution in [1.82, 2.24) is 0 Å². The highest BCUT2D eigenvalue weighted by atomic mass is 16.3. The molecule has 0 aliphatic rings. The van der Waals surface area contributed by atoms with Gasteiger partial charge in [0.2, 0.25) is 0 Å². The first-order valence-corrected chi connectivity index (χ1v) is 3.30. The molecule has 0 aromatic heterocycles. The summed E-state index contributed by atoms with van der Waals surface area (Å²) in [6.07, 6.45) is 0. The first-order chi connectivity index (χ1) is 4.47. The van der Waals surface area contributed by atoms with Gasteiger partial charge in [0.1, 0.15) is 0 Å². The van der Waals surface area contributed by atoms with Crippen LogP contribution in [0.3, 0.4) is 0 Å². The van der Waals surface area contributed by atoms with Gasteiger partial charge in [-0.25, -0.2) is 0 Å². The summed E-state index contributed by atoms with van der Waals surface area (Å²) in [6.45, 7) is 6.00. The predicted octanol–water partition coefficient (Wildman–Crippen LogP) is -0.00420. The minimum atomic E-state index is -0.125. The molecule has 64 valence electrons. The lowest BCUT2D eigenvalue weighted by Gasteiger charge is -2.11. The zero-order valence-electron chi connectivity index (χ0n) is 6.96. The SMILES string of the molecule is CC(C)(C)CO.OCCO. The van der Waals surface area contributed by atoms with Crippen molar-refractivity contribution in [2.24, 2.45) is 5.41 Å². The van der Waals surface area contributed by atoms with Crippen LogP contribution in [0.4, 0.5) is 0 Å². The average Bonchev–Trinajstić information content (AvgIpc) is 1.87. The Morgan fingerprint density at radius 3 is 1.10 bits per heavy atom. The molecule has 0 amide bonds. The fourth-order valence-corrected chi connectivity index (χ4v) is 0. The van der Waals surface area contributed by atoms with Crippen molar-refractivity contribution < 1.29 is 15.3 Å². The molecule has 0 aromatic rings. The Hall–Kier alpha value is -0.120. The topological polar surface area (TPSA) is 60.7 Å². The molecule has 3 nitrogen and oxygen atoms in total. The Kier molecular flexibility index (Phi) is 8.77. The maximum atomic E-state index is 8.40. The third-order valence-electron chi connectivity index (χ3n) is 0.574. The van der Waals surface area contributed by atoms with E-state index < -0.39 is 0 Å². The van der Waals surface area contributed by atoms with Crippen molar-refractivity contribution >= 4 is 0 Å². The van der Waals surface area contributed by atoms with E-state index in [0.717, 1.165) is 0 Å². The molecule has 0 heterocycles. The molecule has 0 fully saturated rings. The maximum absolute atomic E-state index is 8.40. The normalized spacial score (nSPS) is 10.2. The van der Waals surface area contributed by atoms with Crippen molar-refractivity contribution in [2.75, 3.05) is 19.8 Å². The smallest absolute Gasteiger partial charge is 0.0662 e. The Morgan fingerprint density at radius 1 is 0.900 bits per heavy atom. The highest BCUT2D eigenvalue weighted by molar-refractivity contribution is 4.55. The maximum Gasteiger partial charge on any atom is 0.0662 e. The molecule has 0 aliphatic carbocycles. The zero-order chi connectivity index (χ0) is 8.62. The first-order valence-electron chi connectivity index (χ1n) is 3.30. The van der Waals surface area contributed by atoms with Gasteiger partial charge in [0.25, 0.3) is 0 Å². The first kappa shape index (κ1) is 12.5. The van der Waals surface area contributed by atoms with Gasteiger partial charge in [-0.1, -0.05) is 20.8 Å². The monoisotopic (exact) mass is 150 g/mol. The summed E-state index contributed by atoms with van der Waals surface area (Å²) in [5.74, 6) is 0. The number of hydrogen-bond donors (Lipinski definition) is 3. The Morgan fingerprint density at radius 2 is 1.10 bits per heavy atom. The van der Waals surface area contributed by atoms with Crippen molar-refractivity contribution in [3.8, 4) is 0 Å². The van der Waals surface area contributed by atoms with E-state index in [0.29, 0.717) is 0 Å². The van der Waals surface area contributed by atoms with E-state index in [1.54, 1.807) is 0 Å². The van der Waals surface area contributed by atoms with Crippen LogP contribution in [0.15, 0.2) is 0 Å². The average molecular weight is 150 g/mol. The van der Waals surface area contributed by atoms with Crippen LogP contribution in [0.5, 0.6) is 0 Å². The molecular formula is C7H18O3. The van der Waals surface area contributed by atoms with Crippen LogP contribution in [0.2, 0.25) is 0 Å². The third kappa shape index (κ3) is 24.8. The molecule has 0 saturated carbocycles. The summed E-state index contributed by atoms with van der Waals surface area (Å²) < 4.78 is 0. The van der Waals surface area contributed by atoms with Crippen LogP contribution in [0.25, 0.3) is 0 Å². The van der Waals surface area contributed by atoms with Gasteiger partial charge in [-0.05, 0) is 5.41 Å². The fraction of sp³-hybridized carbons (Fsp3) is 1.00. The summed E-state index contributed by atoms with van der Waals surface area (Å²) in [6, 6.07) is 0. The lowest BCUT2D eigenvalue weighted by atomic mass is 9.99. The molecule has 3 heteroatoms. The van der Waals surface area contributed by atoms with Crippen LogP contribution in [-0.4, -0.2) is 35.1 Å². The van der Waals surface area contributed by atoms with Gasteiger partial charge >= 0.3 is 0 Å². The minimum absolute atomic E-state index is 0.0972. The van der Waals surface area contributed by atoms with Crippen LogP contribution in [0.1, 0.15) is 20.8 Å². The van der Waals surface area contributed by atoms with Gasteiger partial charge in [0.15, 0.2) is 0 Å². The predicted molar refractivity (Wildman–Crippen MR) is 40.7 cm³/mol. The highest BCUT2D eigenvalue weighted by Gasteiger charge is 2.05. The molecule has 0 radical (unpaired) electrons. The van der Waals surface area contributed by atoms with E-state index in [1.807, 2.05) is 20.8 Å². The molecule has 0 spiro atoms. The van der Waals surface area contributed by atoms with Gasteiger partial charge in [0.05, 0.1) is 13.2 Å². The van der Waals surface area contributed by atoms with Crippen molar-refractivity contribution in [3.05, 3.63) is 0 Å². The second-order valence-electron chi connectivity index (χ2n) is 3.17. The van der Waals surface area contributed by atoms with E-state index in [1.165, 1.54) is 0 Å². The van der Waals surface area contributed by atoms with Gasteiger partial charge in [0, 0.05) is 6.61 Å². The zero-order valence-corrected chi connectivity index (χ0v) is 6.96. The molecule has 0 atom stereocenters. The molecule has 0 bridgehead atoms. The van der Waals surface area contributed by atoms with Crippen LogP contribution in [0, 0.1) is 5.41 Å². The summed E-state index contributed by atoms with van der Waals surface area (Å²) in [5, 5.41) is 23.7. The van der Waals surface area contributed by atoms with E-state index in [4.69, 9.17) is 15.3 Å². The van der Waals surface area contributed by atoms with Gasteiger partial charge < -0.3 is 15.3 Å². The molecule has 0 aliphatic heterocycles. The Balaban J connectivity index is 0. The second-order valence-corrected chi connectivity index (χ2v) is 3.17. The largest absolute Gasteiger partial charge is 0.396 e. The number of rotatable bonds is 1. The standard InChI is InChI=1S/C5H12O.C2H6O2/c1-5(2,3)4-6;3-1-2-4/h6H,4H2,1-3H3;3-4H,1-2H2. The molecule has 10 heavy (non-hydrogen) atoms. The summed E-state index contributed by atoms with van der Waals surface area (Å²) >= 11 is 0. The van der Waals surface area contributed by atoms with E-state index in [2.05, 4.69) is 0 Å². The Bertz CT molecular complexity index is 54.4. The molecule has 0 aromatic carbocycles. The lowest BCUT2D eigenvalue weighted by molar-refractivity contribution is 0.177. The number of aliphatic hydroxyl groups excluding tert-OH is 3. The van der Waals surface area contributed by atoms with Crippen LogP contribution in [-0.2, 0) is 0 Å². The summed E-state index contributed by atoms with van der Waals surface area (Å²) in [7, 11) is 0. The van der Waals surface area contributed by atoms with Gasteiger partial charge in [-0.2, -0.15) is 0 Å². The molecular weight excluding hydrogens is 132 g/mol. The molecule has 3 N–H and O–H groups in total. The molecule has 0 unspecified atom stereocenters.